The number of rotatable bonds is 2. The maximum Gasteiger partial charge on any atom is 0.347 e. The van der Waals surface area contributed by atoms with Crippen molar-refractivity contribution in [1.29, 1.82) is 0 Å². The van der Waals surface area contributed by atoms with Crippen molar-refractivity contribution in [2.24, 2.45) is 0 Å². The Bertz CT molecular complexity index is 590. The standard InChI is InChI=1S/C11H8F2O3/c1-15-8-3-2-6-4-7(5-12)16-11(14)9(6)10(8)13/h2-4H,5H2,1H3. The van der Waals surface area contributed by atoms with Crippen LogP contribution in [0.3, 0.4) is 0 Å². The lowest BCUT2D eigenvalue weighted by Gasteiger charge is -2.04. The van der Waals surface area contributed by atoms with Crippen LogP contribution >= 0.6 is 0 Å². The fraction of sp³-hybridized carbons (Fsp3) is 0.182. The summed E-state index contributed by atoms with van der Waals surface area (Å²) in [5, 5.41) is 0.0683. The zero-order valence-electron chi connectivity index (χ0n) is 8.42. The Labute approximate surface area is 89.3 Å². The molecule has 5 heteroatoms. The van der Waals surface area contributed by atoms with Crippen LogP contribution in [0.2, 0.25) is 0 Å². The topological polar surface area (TPSA) is 39.4 Å². The summed E-state index contributed by atoms with van der Waals surface area (Å²) in [6.45, 7) is -0.904. The highest BCUT2D eigenvalue weighted by Crippen LogP contribution is 2.24. The highest BCUT2D eigenvalue weighted by Gasteiger charge is 2.13. The summed E-state index contributed by atoms with van der Waals surface area (Å²) < 4.78 is 35.3. The maximum absolute atomic E-state index is 13.7. The van der Waals surface area contributed by atoms with Crippen LogP contribution in [0.25, 0.3) is 10.8 Å². The van der Waals surface area contributed by atoms with Gasteiger partial charge in [0.1, 0.15) is 17.8 Å². The van der Waals surface area contributed by atoms with Gasteiger partial charge in [-0.15, -0.1) is 0 Å². The molecule has 0 aliphatic rings. The predicted molar refractivity (Wildman–Crippen MR) is 53.8 cm³/mol. The first-order chi connectivity index (χ1) is 7.67. The van der Waals surface area contributed by atoms with E-state index in [-0.39, 0.29) is 16.9 Å². The van der Waals surface area contributed by atoms with E-state index in [0.29, 0.717) is 5.39 Å². The first kappa shape index (κ1) is 10.6. The summed E-state index contributed by atoms with van der Waals surface area (Å²) >= 11 is 0. The van der Waals surface area contributed by atoms with Crippen molar-refractivity contribution in [3.05, 3.63) is 40.2 Å². The van der Waals surface area contributed by atoms with E-state index in [1.165, 1.54) is 25.3 Å². The third kappa shape index (κ3) is 1.54. The molecule has 0 unspecified atom stereocenters. The molecular weight excluding hydrogens is 218 g/mol. The van der Waals surface area contributed by atoms with Crippen LogP contribution < -0.4 is 10.4 Å². The molecule has 1 heterocycles. The van der Waals surface area contributed by atoms with E-state index < -0.39 is 18.1 Å². The number of alkyl halides is 1. The number of hydrogen-bond acceptors (Lipinski definition) is 3. The molecular formula is C11H8F2O3. The molecule has 0 atom stereocenters. The molecule has 2 rings (SSSR count). The van der Waals surface area contributed by atoms with E-state index in [9.17, 15) is 13.6 Å². The van der Waals surface area contributed by atoms with E-state index in [4.69, 9.17) is 4.74 Å². The molecule has 0 saturated heterocycles. The van der Waals surface area contributed by atoms with Gasteiger partial charge in [0.25, 0.3) is 0 Å². The van der Waals surface area contributed by atoms with Crippen LogP contribution in [0.15, 0.2) is 27.4 Å². The third-order valence-corrected chi connectivity index (χ3v) is 2.23. The molecule has 3 nitrogen and oxygen atoms in total. The van der Waals surface area contributed by atoms with E-state index in [1.54, 1.807) is 0 Å². The van der Waals surface area contributed by atoms with E-state index in [2.05, 4.69) is 4.42 Å². The largest absolute Gasteiger partial charge is 0.494 e. The van der Waals surface area contributed by atoms with Crippen LogP contribution in [-0.4, -0.2) is 7.11 Å². The van der Waals surface area contributed by atoms with E-state index in [0.717, 1.165) is 0 Å². The Kier molecular flexibility index (Phi) is 2.60. The SMILES string of the molecule is COc1ccc2cc(CF)oc(=O)c2c1F. The monoisotopic (exact) mass is 226 g/mol. The number of benzene rings is 1. The molecule has 0 N–H and O–H groups in total. The zero-order valence-corrected chi connectivity index (χ0v) is 8.42. The van der Waals surface area contributed by atoms with Crippen molar-refractivity contribution < 1.29 is 17.9 Å². The smallest absolute Gasteiger partial charge is 0.347 e. The number of fused-ring (bicyclic) bond motifs is 1. The van der Waals surface area contributed by atoms with Gasteiger partial charge in [0.05, 0.1) is 7.11 Å². The summed E-state index contributed by atoms with van der Waals surface area (Å²) in [7, 11) is 1.29. The molecule has 16 heavy (non-hydrogen) atoms. The molecule has 1 aromatic heterocycles. The number of halogens is 2. The van der Waals surface area contributed by atoms with Crippen molar-refractivity contribution in [2.75, 3.05) is 7.11 Å². The fourth-order valence-corrected chi connectivity index (χ4v) is 1.50. The lowest BCUT2D eigenvalue weighted by Crippen LogP contribution is -2.04. The second-order valence-corrected chi connectivity index (χ2v) is 3.18. The molecule has 0 radical (unpaired) electrons. The van der Waals surface area contributed by atoms with Crippen molar-refractivity contribution in [3.63, 3.8) is 0 Å². The van der Waals surface area contributed by atoms with Gasteiger partial charge in [0.15, 0.2) is 11.6 Å². The maximum atomic E-state index is 13.7. The Hall–Kier alpha value is -1.91. The van der Waals surface area contributed by atoms with Crippen molar-refractivity contribution in [1.82, 2.24) is 0 Å². The van der Waals surface area contributed by atoms with Crippen LogP contribution in [0.4, 0.5) is 8.78 Å². The summed E-state index contributed by atoms with van der Waals surface area (Å²) in [5.74, 6) is -0.964. The second kappa shape index (κ2) is 3.92. The highest BCUT2D eigenvalue weighted by atomic mass is 19.1. The molecule has 0 saturated carbocycles. The lowest BCUT2D eigenvalue weighted by molar-refractivity contribution is 0.369. The second-order valence-electron chi connectivity index (χ2n) is 3.18. The first-order valence-corrected chi connectivity index (χ1v) is 4.52. The molecule has 0 aliphatic carbocycles. The normalized spacial score (nSPS) is 10.7. The molecule has 0 bridgehead atoms. The van der Waals surface area contributed by atoms with Gasteiger partial charge in [-0.05, 0) is 17.5 Å². The molecule has 84 valence electrons. The van der Waals surface area contributed by atoms with Gasteiger partial charge in [0.2, 0.25) is 0 Å². The quantitative estimate of drug-likeness (QED) is 0.789. The Balaban J connectivity index is 2.85. The predicted octanol–water partition coefficient (Wildman–Crippen LogP) is 2.41. The molecule has 0 spiro atoms. The van der Waals surface area contributed by atoms with E-state index >= 15 is 0 Å². The Morgan fingerprint density at radius 1 is 1.44 bits per heavy atom. The van der Waals surface area contributed by atoms with Crippen molar-refractivity contribution >= 4 is 10.8 Å². The van der Waals surface area contributed by atoms with Gasteiger partial charge < -0.3 is 9.15 Å². The Morgan fingerprint density at radius 3 is 2.81 bits per heavy atom. The molecule has 2 aromatic rings. The van der Waals surface area contributed by atoms with Crippen LogP contribution in [-0.2, 0) is 6.67 Å². The number of ether oxygens (including phenoxy) is 1. The summed E-state index contributed by atoms with van der Waals surface area (Å²) in [6, 6.07) is 4.14. The van der Waals surface area contributed by atoms with Gasteiger partial charge in [-0.1, -0.05) is 6.07 Å². The Morgan fingerprint density at radius 2 is 2.19 bits per heavy atom. The molecule has 0 amide bonds. The highest BCUT2D eigenvalue weighted by molar-refractivity contribution is 5.83. The number of hydrogen-bond donors (Lipinski definition) is 0. The van der Waals surface area contributed by atoms with Crippen molar-refractivity contribution in [2.45, 2.75) is 6.67 Å². The average Bonchev–Trinajstić information content (AvgIpc) is 2.28. The van der Waals surface area contributed by atoms with Gasteiger partial charge in [-0.25, -0.2) is 13.6 Å². The summed E-state index contributed by atoms with van der Waals surface area (Å²) in [5.41, 5.74) is -0.901. The fourth-order valence-electron chi connectivity index (χ4n) is 1.50. The van der Waals surface area contributed by atoms with Crippen LogP contribution in [0.5, 0.6) is 5.75 Å². The van der Waals surface area contributed by atoms with Crippen LogP contribution in [0.1, 0.15) is 5.76 Å². The molecule has 0 aliphatic heterocycles. The number of methoxy groups -OCH3 is 1. The summed E-state index contributed by atoms with van der Waals surface area (Å²) in [6.07, 6.45) is 0. The first-order valence-electron chi connectivity index (χ1n) is 4.52. The zero-order chi connectivity index (χ0) is 11.7. The lowest BCUT2D eigenvalue weighted by atomic mass is 10.1. The third-order valence-electron chi connectivity index (χ3n) is 2.23. The van der Waals surface area contributed by atoms with E-state index in [1.807, 2.05) is 0 Å². The van der Waals surface area contributed by atoms with Gasteiger partial charge in [-0.3, -0.25) is 0 Å². The van der Waals surface area contributed by atoms with Gasteiger partial charge in [0, 0.05) is 0 Å². The van der Waals surface area contributed by atoms with Gasteiger partial charge in [-0.2, -0.15) is 0 Å². The van der Waals surface area contributed by atoms with Crippen molar-refractivity contribution in [3.8, 4) is 5.75 Å². The minimum Gasteiger partial charge on any atom is -0.494 e. The van der Waals surface area contributed by atoms with Crippen LogP contribution in [0, 0.1) is 5.82 Å². The minimum absolute atomic E-state index is 0.0483. The van der Waals surface area contributed by atoms with Gasteiger partial charge >= 0.3 is 5.63 Å². The molecule has 1 aromatic carbocycles. The average molecular weight is 226 g/mol. The minimum atomic E-state index is -0.904. The summed E-state index contributed by atoms with van der Waals surface area (Å²) in [4.78, 5) is 11.4. The molecule has 0 fully saturated rings.